The zero-order chi connectivity index (χ0) is 15.5. The summed E-state index contributed by atoms with van der Waals surface area (Å²) >= 11 is 0. The SMILES string of the molecule is CC(C)CCOCCNC(=O)NC(CC(=O)O)C(C)C. The summed E-state index contributed by atoms with van der Waals surface area (Å²) in [6, 6.07) is -0.716. The zero-order valence-electron chi connectivity index (χ0n) is 12.9. The maximum Gasteiger partial charge on any atom is 0.315 e. The Kier molecular flexibility index (Phi) is 9.80. The van der Waals surface area contributed by atoms with Gasteiger partial charge in [-0.15, -0.1) is 0 Å². The number of nitrogens with one attached hydrogen (secondary N) is 2. The second kappa shape index (κ2) is 10.5. The van der Waals surface area contributed by atoms with Crippen molar-refractivity contribution in [2.45, 2.75) is 46.6 Å². The highest BCUT2D eigenvalue weighted by molar-refractivity contribution is 5.75. The van der Waals surface area contributed by atoms with Crippen molar-refractivity contribution in [2.24, 2.45) is 11.8 Å². The summed E-state index contributed by atoms with van der Waals surface area (Å²) in [6.45, 7) is 9.58. The largest absolute Gasteiger partial charge is 0.481 e. The molecule has 0 aliphatic carbocycles. The minimum Gasteiger partial charge on any atom is -0.481 e. The molecule has 6 nitrogen and oxygen atoms in total. The van der Waals surface area contributed by atoms with Crippen LogP contribution >= 0.6 is 0 Å². The van der Waals surface area contributed by atoms with Gasteiger partial charge in [0.15, 0.2) is 0 Å². The lowest BCUT2D eigenvalue weighted by molar-refractivity contribution is -0.137. The Morgan fingerprint density at radius 2 is 1.80 bits per heavy atom. The molecule has 0 saturated carbocycles. The fourth-order valence-corrected chi connectivity index (χ4v) is 1.52. The van der Waals surface area contributed by atoms with Gasteiger partial charge >= 0.3 is 12.0 Å². The molecule has 0 bridgehead atoms. The predicted molar refractivity (Wildman–Crippen MR) is 77.7 cm³/mol. The Hall–Kier alpha value is -1.30. The molecule has 1 unspecified atom stereocenters. The van der Waals surface area contributed by atoms with E-state index in [4.69, 9.17) is 9.84 Å². The van der Waals surface area contributed by atoms with Crippen LogP contribution in [0.3, 0.4) is 0 Å². The number of ether oxygens (including phenoxy) is 1. The molecule has 0 aromatic heterocycles. The number of carbonyl (C=O) groups excluding carboxylic acids is 1. The summed E-state index contributed by atoms with van der Waals surface area (Å²) in [5, 5.41) is 14.1. The van der Waals surface area contributed by atoms with Gasteiger partial charge in [0, 0.05) is 19.2 Å². The molecule has 0 aromatic rings. The first kappa shape index (κ1) is 18.7. The molecule has 0 heterocycles. The monoisotopic (exact) mass is 288 g/mol. The minimum absolute atomic E-state index is 0.0686. The van der Waals surface area contributed by atoms with Crippen LogP contribution in [0.25, 0.3) is 0 Å². The van der Waals surface area contributed by atoms with Crippen molar-refractivity contribution in [3.8, 4) is 0 Å². The topological polar surface area (TPSA) is 87.7 Å². The molecule has 0 spiro atoms. The Balaban J connectivity index is 3.77. The van der Waals surface area contributed by atoms with Crippen LogP contribution in [-0.4, -0.2) is 42.9 Å². The molecule has 0 aliphatic rings. The first-order valence-corrected chi connectivity index (χ1v) is 7.16. The van der Waals surface area contributed by atoms with Gasteiger partial charge < -0.3 is 20.5 Å². The third-order valence-corrected chi connectivity index (χ3v) is 2.89. The third-order valence-electron chi connectivity index (χ3n) is 2.89. The lowest BCUT2D eigenvalue weighted by Gasteiger charge is -2.20. The molecular weight excluding hydrogens is 260 g/mol. The summed E-state index contributed by atoms with van der Waals surface area (Å²) in [5.74, 6) is -0.241. The third kappa shape index (κ3) is 10.6. The predicted octanol–water partition coefficient (Wildman–Crippen LogP) is 1.85. The molecular formula is C14H28N2O4. The van der Waals surface area contributed by atoms with E-state index in [0.717, 1.165) is 6.42 Å². The highest BCUT2D eigenvalue weighted by Crippen LogP contribution is 2.05. The Bertz CT molecular complexity index is 293. The molecule has 3 N–H and O–H groups in total. The van der Waals surface area contributed by atoms with E-state index in [-0.39, 0.29) is 24.4 Å². The van der Waals surface area contributed by atoms with Crippen molar-refractivity contribution in [3.63, 3.8) is 0 Å². The van der Waals surface area contributed by atoms with Gasteiger partial charge in [0.2, 0.25) is 0 Å². The van der Waals surface area contributed by atoms with Gasteiger partial charge in [0.05, 0.1) is 13.0 Å². The van der Waals surface area contributed by atoms with Crippen LogP contribution in [0.5, 0.6) is 0 Å². The van der Waals surface area contributed by atoms with Gasteiger partial charge in [-0.05, 0) is 18.3 Å². The number of amides is 2. The van der Waals surface area contributed by atoms with Crippen LogP contribution in [0.1, 0.15) is 40.5 Å². The fourth-order valence-electron chi connectivity index (χ4n) is 1.52. The van der Waals surface area contributed by atoms with E-state index in [1.807, 2.05) is 13.8 Å². The maximum absolute atomic E-state index is 11.6. The average molecular weight is 288 g/mol. The van der Waals surface area contributed by atoms with Crippen LogP contribution in [0.15, 0.2) is 0 Å². The molecule has 0 rings (SSSR count). The quantitative estimate of drug-likeness (QED) is 0.535. The van der Waals surface area contributed by atoms with Crippen molar-refractivity contribution < 1.29 is 19.4 Å². The van der Waals surface area contributed by atoms with Gasteiger partial charge in [0.1, 0.15) is 0 Å². The molecule has 0 aliphatic heterocycles. The molecule has 0 fully saturated rings. The molecule has 6 heteroatoms. The number of carboxylic acids is 1. The standard InChI is InChI=1S/C14H28N2O4/c1-10(2)5-7-20-8-6-15-14(19)16-12(11(3)4)9-13(17)18/h10-12H,5-9H2,1-4H3,(H,17,18)(H2,15,16,19). The Labute approximate surface area is 121 Å². The smallest absolute Gasteiger partial charge is 0.315 e. The zero-order valence-corrected chi connectivity index (χ0v) is 12.9. The van der Waals surface area contributed by atoms with E-state index >= 15 is 0 Å². The average Bonchev–Trinajstić information content (AvgIpc) is 2.31. The lowest BCUT2D eigenvalue weighted by atomic mass is 10.0. The molecule has 0 radical (unpaired) electrons. The number of rotatable bonds is 10. The van der Waals surface area contributed by atoms with Gasteiger partial charge in [-0.1, -0.05) is 27.7 Å². The molecule has 2 amide bonds. The van der Waals surface area contributed by atoms with Crippen LogP contribution < -0.4 is 10.6 Å². The molecule has 118 valence electrons. The van der Waals surface area contributed by atoms with Crippen LogP contribution in [0.2, 0.25) is 0 Å². The Morgan fingerprint density at radius 3 is 2.30 bits per heavy atom. The molecule has 0 saturated heterocycles. The molecule has 1 atom stereocenters. The van der Waals surface area contributed by atoms with Crippen molar-refractivity contribution in [1.29, 1.82) is 0 Å². The second-order valence-corrected chi connectivity index (χ2v) is 5.64. The molecule has 0 aromatic carbocycles. The lowest BCUT2D eigenvalue weighted by Crippen LogP contribution is -2.46. The van der Waals surface area contributed by atoms with Crippen molar-refractivity contribution in [2.75, 3.05) is 19.8 Å². The van der Waals surface area contributed by atoms with Crippen LogP contribution in [0.4, 0.5) is 4.79 Å². The minimum atomic E-state index is -0.916. The summed E-state index contributed by atoms with van der Waals surface area (Å²) in [4.78, 5) is 22.3. The number of hydrogen-bond donors (Lipinski definition) is 3. The number of urea groups is 1. The van der Waals surface area contributed by atoms with Gasteiger partial charge in [0.25, 0.3) is 0 Å². The summed E-state index contributed by atoms with van der Waals surface area (Å²) in [6.07, 6.45) is 0.927. The number of aliphatic carboxylic acids is 1. The van der Waals surface area contributed by atoms with Crippen LogP contribution in [0, 0.1) is 11.8 Å². The summed E-state index contributed by atoms with van der Waals surface area (Å²) in [7, 11) is 0. The van der Waals surface area contributed by atoms with Crippen LogP contribution in [-0.2, 0) is 9.53 Å². The summed E-state index contributed by atoms with van der Waals surface area (Å²) in [5.41, 5.74) is 0. The van der Waals surface area contributed by atoms with E-state index in [9.17, 15) is 9.59 Å². The molecule has 20 heavy (non-hydrogen) atoms. The van der Waals surface area contributed by atoms with Crippen molar-refractivity contribution in [3.05, 3.63) is 0 Å². The van der Waals surface area contributed by atoms with E-state index in [1.54, 1.807) is 0 Å². The van der Waals surface area contributed by atoms with E-state index in [2.05, 4.69) is 24.5 Å². The number of carboxylic acid groups (broad SMARTS) is 1. The first-order chi connectivity index (χ1) is 9.32. The normalized spacial score (nSPS) is 12.5. The highest BCUT2D eigenvalue weighted by Gasteiger charge is 2.18. The van der Waals surface area contributed by atoms with E-state index in [0.29, 0.717) is 25.7 Å². The van der Waals surface area contributed by atoms with Gasteiger partial charge in [-0.2, -0.15) is 0 Å². The first-order valence-electron chi connectivity index (χ1n) is 7.16. The van der Waals surface area contributed by atoms with Gasteiger partial charge in [-0.3, -0.25) is 4.79 Å². The van der Waals surface area contributed by atoms with E-state index < -0.39 is 5.97 Å². The summed E-state index contributed by atoms with van der Waals surface area (Å²) < 4.78 is 5.38. The number of hydrogen-bond acceptors (Lipinski definition) is 3. The van der Waals surface area contributed by atoms with E-state index in [1.165, 1.54) is 0 Å². The highest BCUT2D eigenvalue weighted by atomic mass is 16.5. The maximum atomic E-state index is 11.6. The van der Waals surface area contributed by atoms with Gasteiger partial charge in [-0.25, -0.2) is 4.79 Å². The number of carbonyl (C=O) groups is 2. The van der Waals surface area contributed by atoms with Crippen molar-refractivity contribution in [1.82, 2.24) is 10.6 Å². The Morgan fingerprint density at radius 1 is 1.15 bits per heavy atom. The van der Waals surface area contributed by atoms with Crippen molar-refractivity contribution >= 4 is 12.0 Å². The second-order valence-electron chi connectivity index (χ2n) is 5.64. The fraction of sp³-hybridized carbons (Fsp3) is 0.857.